The quantitative estimate of drug-likeness (QED) is 0.859. The topological polar surface area (TPSA) is 49.4 Å². The van der Waals surface area contributed by atoms with Crippen LogP contribution in [-0.2, 0) is 4.79 Å². The fourth-order valence-corrected chi connectivity index (χ4v) is 2.28. The van der Waals surface area contributed by atoms with Gasteiger partial charge < -0.3 is 0 Å². The van der Waals surface area contributed by atoms with Crippen molar-refractivity contribution in [3.63, 3.8) is 0 Å². The number of rotatable bonds is 1. The summed E-state index contributed by atoms with van der Waals surface area (Å²) in [4.78, 5) is 24.2. The number of nitrogens with zero attached hydrogens (tertiary/aromatic N) is 1. The monoisotopic (exact) mass is 282 g/mol. The zero-order valence-corrected chi connectivity index (χ0v) is 10.4. The maximum absolute atomic E-state index is 11.6. The first kappa shape index (κ1) is 11.1. The summed E-state index contributed by atoms with van der Waals surface area (Å²) in [5.74, 6) is -0.215. The number of imide groups is 1. The molecule has 0 atom stereocenters. The number of benzene rings is 1. The molecule has 1 aromatic carbocycles. The van der Waals surface area contributed by atoms with Gasteiger partial charge in [-0.05, 0) is 30.7 Å². The Morgan fingerprint density at radius 2 is 2.06 bits per heavy atom. The van der Waals surface area contributed by atoms with E-state index < -0.39 is 0 Å². The van der Waals surface area contributed by atoms with Gasteiger partial charge in [0.1, 0.15) is 0 Å². The normalized spacial score (nSPS) is 16.2. The molecule has 1 aliphatic heterocycles. The van der Waals surface area contributed by atoms with Gasteiger partial charge in [0.15, 0.2) is 0 Å². The summed E-state index contributed by atoms with van der Waals surface area (Å²) in [6.07, 6.45) is 0.345. The van der Waals surface area contributed by atoms with Gasteiger partial charge in [-0.1, -0.05) is 15.9 Å². The van der Waals surface area contributed by atoms with Crippen LogP contribution in [0.1, 0.15) is 12.0 Å². The molecule has 0 saturated carbocycles. The van der Waals surface area contributed by atoms with Gasteiger partial charge in [0.05, 0.1) is 0 Å². The van der Waals surface area contributed by atoms with Crippen LogP contribution in [0.3, 0.4) is 0 Å². The van der Waals surface area contributed by atoms with Gasteiger partial charge in [-0.25, -0.2) is 4.79 Å². The number of hydrogen-bond acceptors (Lipinski definition) is 2. The van der Waals surface area contributed by atoms with Gasteiger partial charge >= 0.3 is 6.03 Å². The Kier molecular flexibility index (Phi) is 2.96. The van der Waals surface area contributed by atoms with Crippen molar-refractivity contribution in [1.29, 1.82) is 0 Å². The minimum atomic E-state index is -0.353. The number of urea groups is 1. The Bertz CT molecular complexity index is 439. The molecule has 16 heavy (non-hydrogen) atoms. The third-order valence-electron chi connectivity index (χ3n) is 2.39. The first-order chi connectivity index (χ1) is 7.56. The lowest BCUT2D eigenvalue weighted by atomic mass is 10.2. The molecule has 1 aromatic rings. The van der Waals surface area contributed by atoms with Crippen molar-refractivity contribution in [3.05, 3.63) is 28.2 Å². The molecule has 0 spiro atoms. The number of amides is 3. The van der Waals surface area contributed by atoms with Gasteiger partial charge in [0.2, 0.25) is 5.91 Å². The first-order valence-corrected chi connectivity index (χ1v) is 5.74. The number of carbonyl (C=O) groups is 2. The second-order valence-corrected chi connectivity index (χ2v) is 4.66. The molecule has 0 radical (unpaired) electrons. The lowest BCUT2D eigenvalue weighted by Crippen LogP contribution is -2.49. The highest BCUT2D eigenvalue weighted by atomic mass is 79.9. The van der Waals surface area contributed by atoms with Gasteiger partial charge in [-0.3, -0.25) is 15.0 Å². The van der Waals surface area contributed by atoms with Crippen molar-refractivity contribution in [3.8, 4) is 0 Å². The molecule has 2 rings (SSSR count). The van der Waals surface area contributed by atoms with E-state index in [0.29, 0.717) is 13.0 Å². The van der Waals surface area contributed by atoms with Gasteiger partial charge in [-0.15, -0.1) is 0 Å². The summed E-state index contributed by atoms with van der Waals surface area (Å²) in [6, 6.07) is 5.40. The van der Waals surface area contributed by atoms with Crippen LogP contribution in [0.15, 0.2) is 22.7 Å². The Labute approximate surface area is 102 Å². The number of aryl methyl sites for hydroxylation is 1. The SMILES string of the molecule is Cc1cc(Br)cc(N2CCC(=O)NC2=O)c1. The molecule has 3 amide bonds. The molecule has 1 N–H and O–H groups in total. The highest BCUT2D eigenvalue weighted by Crippen LogP contribution is 2.23. The number of halogens is 1. The van der Waals surface area contributed by atoms with E-state index >= 15 is 0 Å². The van der Waals surface area contributed by atoms with E-state index in [0.717, 1.165) is 15.7 Å². The average Bonchev–Trinajstić information content (AvgIpc) is 2.15. The van der Waals surface area contributed by atoms with Gasteiger partial charge in [-0.2, -0.15) is 0 Å². The van der Waals surface area contributed by atoms with Crippen LogP contribution in [0.4, 0.5) is 10.5 Å². The van der Waals surface area contributed by atoms with Crippen molar-refractivity contribution in [2.45, 2.75) is 13.3 Å². The van der Waals surface area contributed by atoms with E-state index in [1.54, 1.807) is 4.90 Å². The molecule has 1 heterocycles. The highest BCUT2D eigenvalue weighted by molar-refractivity contribution is 9.10. The number of hydrogen-bond donors (Lipinski definition) is 1. The fourth-order valence-electron chi connectivity index (χ4n) is 1.68. The molecular formula is C11H11BrN2O2. The molecule has 84 valence electrons. The third-order valence-corrected chi connectivity index (χ3v) is 2.85. The fraction of sp³-hybridized carbons (Fsp3) is 0.273. The van der Waals surface area contributed by atoms with E-state index in [4.69, 9.17) is 0 Å². The van der Waals surface area contributed by atoms with E-state index in [-0.39, 0.29) is 11.9 Å². The molecule has 4 nitrogen and oxygen atoms in total. The number of carbonyl (C=O) groups excluding carboxylic acids is 2. The molecule has 1 aliphatic rings. The van der Waals surface area contributed by atoms with E-state index in [1.165, 1.54) is 0 Å². The summed E-state index contributed by atoms with van der Waals surface area (Å²) in [5.41, 5.74) is 1.87. The van der Waals surface area contributed by atoms with Crippen LogP contribution < -0.4 is 10.2 Å². The first-order valence-electron chi connectivity index (χ1n) is 4.95. The van der Waals surface area contributed by atoms with E-state index in [2.05, 4.69) is 21.2 Å². The maximum atomic E-state index is 11.6. The van der Waals surface area contributed by atoms with Crippen LogP contribution >= 0.6 is 15.9 Å². The van der Waals surface area contributed by atoms with Crippen molar-refractivity contribution in [1.82, 2.24) is 5.32 Å². The Balaban J connectivity index is 2.30. The second kappa shape index (κ2) is 4.25. The summed E-state index contributed by atoms with van der Waals surface area (Å²) in [5, 5.41) is 2.30. The summed E-state index contributed by atoms with van der Waals surface area (Å²) >= 11 is 3.39. The highest BCUT2D eigenvalue weighted by Gasteiger charge is 2.24. The van der Waals surface area contributed by atoms with Crippen molar-refractivity contribution in [2.75, 3.05) is 11.4 Å². The average molecular weight is 283 g/mol. The second-order valence-electron chi connectivity index (χ2n) is 3.74. The van der Waals surface area contributed by atoms with Crippen LogP contribution in [0, 0.1) is 6.92 Å². The van der Waals surface area contributed by atoms with Crippen molar-refractivity contribution in [2.24, 2.45) is 0 Å². The molecule has 1 fully saturated rings. The maximum Gasteiger partial charge on any atom is 0.328 e. The lowest BCUT2D eigenvalue weighted by molar-refractivity contribution is -0.120. The summed E-state index contributed by atoms with van der Waals surface area (Å²) in [7, 11) is 0. The Hall–Kier alpha value is -1.36. The number of nitrogens with one attached hydrogen (secondary N) is 1. The Morgan fingerprint density at radius 3 is 2.69 bits per heavy atom. The van der Waals surface area contributed by atoms with Gasteiger partial charge in [0.25, 0.3) is 0 Å². The van der Waals surface area contributed by atoms with Crippen LogP contribution in [0.25, 0.3) is 0 Å². The molecule has 1 saturated heterocycles. The smallest absolute Gasteiger partial charge is 0.294 e. The van der Waals surface area contributed by atoms with Gasteiger partial charge in [0, 0.05) is 23.1 Å². The largest absolute Gasteiger partial charge is 0.328 e. The van der Waals surface area contributed by atoms with Crippen molar-refractivity contribution < 1.29 is 9.59 Å². The lowest BCUT2D eigenvalue weighted by Gasteiger charge is -2.26. The third kappa shape index (κ3) is 2.24. The molecule has 0 bridgehead atoms. The molecule has 0 aliphatic carbocycles. The van der Waals surface area contributed by atoms with E-state index in [1.807, 2.05) is 25.1 Å². The molecule has 0 unspecified atom stereocenters. The summed E-state index contributed by atoms with van der Waals surface area (Å²) in [6.45, 7) is 2.39. The number of anilines is 1. The minimum absolute atomic E-state index is 0.215. The van der Waals surface area contributed by atoms with Crippen molar-refractivity contribution >= 4 is 33.6 Å². The van der Waals surface area contributed by atoms with Crippen LogP contribution in [0.5, 0.6) is 0 Å². The zero-order valence-electron chi connectivity index (χ0n) is 8.79. The Morgan fingerprint density at radius 1 is 1.31 bits per heavy atom. The molecule has 5 heteroatoms. The zero-order chi connectivity index (χ0) is 11.7. The minimum Gasteiger partial charge on any atom is -0.294 e. The van der Waals surface area contributed by atoms with E-state index in [9.17, 15) is 9.59 Å². The predicted molar refractivity (Wildman–Crippen MR) is 64.4 cm³/mol. The molecular weight excluding hydrogens is 272 g/mol. The summed E-state index contributed by atoms with van der Waals surface area (Å²) < 4.78 is 0.923. The molecule has 0 aromatic heterocycles. The van der Waals surface area contributed by atoms with Crippen LogP contribution in [-0.4, -0.2) is 18.5 Å². The predicted octanol–water partition coefficient (Wildman–Crippen LogP) is 2.20. The standard InChI is InChI=1S/C11H11BrN2O2/c1-7-4-8(12)6-9(5-7)14-3-2-10(15)13-11(14)16/h4-6H,2-3H2,1H3,(H,13,15,16). The van der Waals surface area contributed by atoms with Crippen LogP contribution in [0.2, 0.25) is 0 Å².